The van der Waals surface area contributed by atoms with Crippen molar-refractivity contribution in [2.75, 3.05) is 26.2 Å². The standard InChI is InChI=1S/C23H35NO4/c1-4-27-21(25)16-8-6-10-24(13-16)14-18-17-11-19-15(2)7-5-9-23(19,3)12-20(17)28-22(18)26/h11,15-18,20H,4-10,12-14H2,1-3H3/t15-,16+,17-,18+,20+,23+/m1/s1. The Kier molecular flexibility index (Phi) is 5.56. The van der Waals surface area contributed by atoms with Crippen LogP contribution >= 0.6 is 0 Å². The molecule has 2 saturated heterocycles. The number of allylic oxidation sites excluding steroid dienone is 1. The molecule has 0 aromatic rings. The molecule has 28 heavy (non-hydrogen) atoms. The monoisotopic (exact) mass is 389 g/mol. The van der Waals surface area contributed by atoms with Crippen LogP contribution in [0.3, 0.4) is 0 Å². The molecule has 1 saturated carbocycles. The number of piperidine rings is 1. The van der Waals surface area contributed by atoms with Crippen LogP contribution in [0.4, 0.5) is 0 Å². The fourth-order valence-corrected chi connectivity index (χ4v) is 6.21. The van der Waals surface area contributed by atoms with Crippen molar-refractivity contribution >= 4 is 11.9 Å². The fraction of sp³-hybridized carbons (Fsp3) is 0.826. The molecule has 0 amide bonds. The van der Waals surface area contributed by atoms with Gasteiger partial charge in [-0.1, -0.05) is 31.9 Å². The number of likely N-dealkylation sites (tertiary alicyclic amines) is 1. The number of hydrogen-bond donors (Lipinski definition) is 0. The third kappa shape index (κ3) is 3.62. The fourth-order valence-electron chi connectivity index (χ4n) is 6.21. The first-order valence-corrected chi connectivity index (χ1v) is 11.2. The van der Waals surface area contributed by atoms with E-state index in [9.17, 15) is 9.59 Å². The van der Waals surface area contributed by atoms with Gasteiger partial charge in [0.2, 0.25) is 0 Å². The molecule has 0 spiro atoms. The summed E-state index contributed by atoms with van der Waals surface area (Å²) in [4.78, 5) is 27.2. The number of hydrogen-bond acceptors (Lipinski definition) is 5. The lowest BCUT2D eigenvalue weighted by Gasteiger charge is -2.46. The van der Waals surface area contributed by atoms with Crippen molar-refractivity contribution in [3.05, 3.63) is 11.6 Å². The Morgan fingerprint density at radius 2 is 2.18 bits per heavy atom. The van der Waals surface area contributed by atoms with Crippen molar-refractivity contribution in [3.8, 4) is 0 Å². The minimum atomic E-state index is -0.0999. The number of ether oxygens (including phenoxy) is 2. The van der Waals surface area contributed by atoms with E-state index in [4.69, 9.17) is 9.47 Å². The normalized spacial score (nSPS) is 40.9. The van der Waals surface area contributed by atoms with Crippen LogP contribution in [0.1, 0.15) is 59.3 Å². The van der Waals surface area contributed by atoms with Gasteiger partial charge in [0.25, 0.3) is 0 Å². The van der Waals surface area contributed by atoms with Crippen LogP contribution in [0, 0.1) is 29.1 Å². The van der Waals surface area contributed by atoms with Gasteiger partial charge in [0, 0.05) is 19.0 Å². The molecule has 0 N–H and O–H groups in total. The molecule has 156 valence electrons. The van der Waals surface area contributed by atoms with Crippen molar-refractivity contribution < 1.29 is 19.1 Å². The lowest BCUT2D eigenvalue weighted by molar-refractivity contribution is -0.150. The number of rotatable bonds is 4. The van der Waals surface area contributed by atoms with Crippen LogP contribution in [0.5, 0.6) is 0 Å². The quantitative estimate of drug-likeness (QED) is 0.543. The molecule has 0 aromatic carbocycles. The second-order valence-electron chi connectivity index (χ2n) is 9.69. The second-order valence-corrected chi connectivity index (χ2v) is 9.69. The summed E-state index contributed by atoms with van der Waals surface area (Å²) in [5.41, 5.74) is 1.76. The van der Waals surface area contributed by atoms with Gasteiger partial charge >= 0.3 is 11.9 Å². The minimum Gasteiger partial charge on any atom is -0.466 e. The van der Waals surface area contributed by atoms with Crippen LogP contribution in [0.15, 0.2) is 11.6 Å². The molecule has 2 aliphatic carbocycles. The molecule has 4 aliphatic rings. The van der Waals surface area contributed by atoms with Crippen LogP contribution in [0.25, 0.3) is 0 Å². The summed E-state index contributed by atoms with van der Waals surface area (Å²) in [6.45, 7) is 9.32. The van der Waals surface area contributed by atoms with E-state index in [1.54, 1.807) is 5.57 Å². The van der Waals surface area contributed by atoms with E-state index in [2.05, 4.69) is 24.8 Å². The van der Waals surface area contributed by atoms with Crippen LogP contribution < -0.4 is 0 Å². The van der Waals surface area contributed by atoms with Crippen molar-refractivity contribution in [1.82, 2.24) is 4.90 Å². The van der Waals surface area contributed by atoms with Gasteiger partial charge in [-0.3, -0.25) is 9.59 Å². The van der Waals surface area contributed by atoms with Crippen LogP contribution in [-0.4, -0.2) is 49.2 Å². The maximum atomic E-state index is 12.8. The minimum absolute atomic E-state index is 0.0298. The van der Waals surface area contributed by atoms with Gasteiger partial charge in [-0.25, -0.2) is 0 Å². The molecule has 6 atom stereocenters. The molecule has 3 fully saturated rings. The largest absolute Gasteiger partial charge is 0.466 e. The van der Waals surface area contributed by atoms with E-state index in [0.29, 0.717) is 25.6 Å². The number of fused-ring (bicyclic) bond motifs is 2. The van der Waals surface area contributed by atoms with E-state index < -0.39 is 0 Å². The molecule has 0 aromatic heterocycles. The molecule has 0 unspecified atom stereocenters. The molecule has 5 nitrogen and oxygen atoms in total. The van der Waals surface area contributed by atoms with Gasteiger partial charge in [0.15, 0.2) is 0 Å². The first-order valence-electron chi connectivity index (χ1n) is 11.2. The summed E-state index contributed by atoms with van der Waals surface area (Å²) in [5, 5.41) is 0. The molecular weight excluding hydrogens is 354 g/mol. The molecule has 0 radical (unpaired) electrons. The summed E-state index contributed by atoms with van der Waals surface area (Å²) in [6.07, 6.45) is 9.02. The Balaban J connectivity index is 1.48. The molecule has 5 heteroatoms. The Hall–Kier alpha value is -1.36. The third-order valence-electron chi connectivity index (χ3n) is 7.66. The molecule has 2 heterocycles. The average Bonchev–Trinajstić information content (AvgIpc) is 2.94. The molecule has 4 rings (SSSR count). The van der Waals surface area contributed by atoms with E-state index >= 15 is 0 Å². The zero-order valence-electron chi connectivity index (χ0n) is 17.6. The summed E-state index contributed by atoms with van der Waals surface area (Å²) in [7, 11) is 0. The van der Waals surface area contributed by atoms with Gasteiger partial charge in [0.05, 0.1) is 18.4 Å². The smallest absolute Gasteiger partial charge is 0.311 e. The molecule has 2 aliphatic heterocycles. The first-order chi connectivity index (χ1) is 13.4. The number of esters is 2. The van der Waals surface area contributed by atoms with Gasteiger partial charge in [-0.05, 0) is 56.9 Å². The van der Waals surface area contributed by atoms with E-state index in [1.165, 1.54) is 19.3 Å². The van der Waals surface area contributed by atoms with Gasteiger partial charge in [-0.2, -0.15) is 0 Å². The highest BCUT2D eigenvalue weighted by Crippen LogP contribution is 2.54. The third-order valence-corrected chi connectivity index (χ3v) is 7.66. The number of carbonyl (C=O) groups excluding carboxylic acids is 2. The SMILES string of the molecule is CCOC(=O)[C@H]1CCCN(C[C@@H]2C(=O)O[C@H]3C[C@]4(C)CCC[C@@H](C)C4=C[C@@H]32)C1. The molecular formula is C23H35NO4. The van der Waals surface area contributed by atoms with Crippen molar-refractivity contribution in [2.24, 2.45) is 29.1 Å². The van der Waals surface area contributed by atoms with Gasteiger partial charge < -0.3 is 14.4 Å². The predicted octanol–water partition coefficient (Wildman–Crippen LogP) is 3.58. The lowest BCUT2D eigenvalue weighted by atomic mass is 9.59. The lowest BCUT2D eigenvalue weighted by Crippen LogP contribution is -2.44. The topological polar surface area (TPSA) is 55.8 Å². The Morgan fingerprint density at radius 3 is 2.96 bits per heavy atom. The molecule has 0 bridgehead atoms. The van der Waals surface area contributed by atoms with E-state index in [0.717, 1.165) is 25.8 Å². The maximum absolute atomic E-state index is 12.8. The Morgan fingerprint density at radius 1 is 1.36 bits per heavy atom. The zero-order chi connectivity index (χ0) is 19.9. The summed E-state index contributed by atoms with van der Waals surface area (Å²) < 4.78 is 11.1. The summed E-state index contributed by atoms with van der Waals surface area (Å²) >= 11 is 0. The highest BCUT2D eigenvalue weighted by molar-refractivity contribution is 5.76. The zero-order valence-corrected chi connectivity index (χ0v) is 17.6. The highest BCUT2D eigenvalue weighted by atomic mass is 16.6. The summed E-state index contributed by atoms with van der Waals surface area (Å²) in [6, 6.07) is 0. The first kappa shape index (κ1) is 19.9. The number of nitrogens with zero attached hydrogens (tertiary/aromatic N) is 1. The maximum Gasteiger partial charge on any atom is 0.311 e. The van der Waals surface area contributed by atoms with E-state index in [1.807, 2.05) is 6.92 Å². The Bertz CT molecular complexity index is 659. The van der Waals surface area contributed by atoms with E-state index in [-0.39, 0.29) is 41.2 Å². The predicted molar refractivity (Wildman–Crippen MR) is 106 cm³/mol. The Labute approximate surface area is 168 Å². The second kappa shape index (κ2) is 7.81. The van der Waals surface area contributed by atoms with Gasteiger partial charge in [0.1, 0.15) is 6.10 Å². The van der Waals surface area contributed by atoms with Crippen LogP contribution in [-0.2, 0) is 19.1 Å². The van der Waals surface area contributed by atoms with Crippen molar-refractivity contribution in [3.63, 3.8) is 0 Å². The van der Waals surface area contributed by atoms with Crippen molar-refractivity contribution in [1.29, 1.82) is 0 Å². The number of carbonyl (C=O) groups is 2. The summed E-state index contributed by atoms with van der Waals surface area (Å²) in [5.74, 6) is 0.509. The average molecular weight is 390 g/mol. The van der Waals surface area contributed by atoms with Crippen molar-refractivity contribution in [2.45, 2.75) is 65.4 Å². The van der Waals surface area contributed by atoms with Gasteiger partial charge in [-0.15, -0.1) is 0 Å². The highest BCUT2D eigenvalue weighted by Gasteiger charge is 2.52. The van der Waals surface area contributed by atoms with Crippen LogP contribution in [0.2, 0.25) is 0 Å².